The fourth-order valence-corrected chi connectivity index (χ4v) is 11.0. The van der Waals surface area contributed by atoms with E-state index in [1.807, 2.05) is 0 Å². The van der Waals surface area contributed by atoms with E-state index in [4.69, 9.17) is 52.1 Å². The van der Waals surface area contributed by atoms with Gasteiger partial charge in [0.15, 0.2) is 25.2 Å². The number of hydrogen-bond acceptors (Lipinski definition) is 34. The van der Waals surface area contributed by atoms with Gasteiger partial charge in [-0.05, 0) is 6.92 Å². The normalized spacial score (nSPS) is 45.0. The zero-order valence-electron chi connectivity index (χ0n) is 46.7. The lowest BCUT2D eigenvalue weighted by atomic mass is 9.88. The standard InChI is InChI=1S/C48H79N3O36/c1-12-26(63)31(68)32(69)43(78-12)82-35-22(11-77-47(45(73)74)5-16(59)23(49-13(2)56)36(85-47)27(64)18(61)7-52)81-42(84-39-29(66)20(9-54)79-41(72)33(39)70)25(51-15(4)58)38(35)83-44-34(71)40(30(67)21(10-55)80-44)87-48(46(75)76)6-17(60)24(50-14(3)57)37(86-48)28(65)19(62)8-53/h12,16-44,52-55,59-72H,5-11H2,1-4H3,(H,49,56)(H,50,57)(H,51,58)(H,73,74)(H,75,76)/t12-,16-,17-,18+,19+,20+,21+,22+,23+,24+,25+,26+,27+,28+,29-,30-,31+,32-,33+,34+,35+,36+,37+,38+,39-,40-,41+,42-,43-,44-,47+,48-/m0/s1. The summed E-state index contributed by atoms with van der Waals surface area (Å²) in [5.41, 5.74) is 0. The molecule has 87 heavy (non-hydrogen) atoms. The zero-order valence-corrected chi connectivity index (χ0v) is 46.7. The van der Waals surface area contributed by atoms with Crippen molar-refractivity contribution in [3.05, 3.63) is 0 Å². The van der Waals surface area contributed by atoms with Gasteiger partial charge in [0.2, 0.25) is 17.7 Å². The first-order valence-electron chi connectivity index (χ1n) is 27.2. The summed E-state index contributed by atoms with van der Waals surface area (Å²) in [5.74, 6) is -13.8. The number of carbonyl (C=O) groups excluding carboxylic acids is 3. The van der Waals surface area contributed by atoms with Gasteiger partial charge in [0.1, 0.15) is 128 Å². The summed E-state index contributed by atoms with van der Waals surface area (Å²) in [6, 6.07) is -5.68. The van der Waals surface area contributed by atoms with E-state index in [0.717, 1.165) is 20.8 Å². The molecule has 23 N–H and O–H groups in total. The third-order valence-corrected chi connectivity index (χ3v) is 15.5. The average molecular weight is 1270 g/mol. The molecule has 502 valence electrons. The fraction of sp³-hybridized carbons (Fsp3) is 0.896. The van der Waals surface area contributed by atoms with Gasteiger partial charge in [-0.1, -0.05) is 0 Å². The molecule has 39 heteroatoms. The molecule has 0 aliphatic carbocycles. The van der Waals surface area contributed by atoms with Crippen molar-refractivity contribution in [3.63, 3.8) is 0 Å². The fourth-order valence-electron chi connectivity index (χ4n) is 11.0. The first kappa shape index (κ1) is 72.3. The van der Waals surface area contributed by atoms with Crippen LogP contribution in [0.4, 0.5) is 0 Å². The van der Waals surface area contributed by atoms with Gasteiger partial charge >= 0.3 is 11.9 Å². The lowest BCUT2D eigenvalue weighted by molar-refractivity contribution is -0.399. The number of carboxylic acids is 2. The van der Waals surface area contributed by atoms with Crippen molar-refractivity contribution >= 4 is 29.7 Å². The van der Waals surface area contributed by atoms with E-state index in [2.05, 4.69) is 16.0 Å². The Kier molecular flexibility index (Phi) is 25.0. The van der Waals surface area contributed by atoms with Gasteiger partial charge in [-0.15, -0.1) is 0 Å². The monoisotopic (exact) mass is 1270 g/mol. The smallest absolute Gasteiger partial charge is 0.364 e. The van der Waals surface area contributed by atoms with Crippen LogP contribution in [0.1, 0.15) is 40.5 Å². The van der Waals surface area contributed by atoms with Crippen molar-refractivity contribution in [2.75, 3.05) is 33.0 Å². The number of nitrogens with one attached hydrogen (secondary N) is 3. The van der Waals surface area contributed by atoms with Crippen molar-refractivity contribution in [1.82, 2.24) is 16.0 Å². The molecule has 0 saturated carbocycles. The Bertz CT molecular complexity index is 2300. The van der Waals surface area contributed by atoms with E-state index in [-0.39, 0.29) is 0 Å². The van der Waals surface area contributed by atoms with Crippen LogP contribution in [0.5, 0.6) is 0 Å². The molecule has 6 aliphatic rings. The third-order valence-electron chi connectivity index (χ3n) is 15.5. The number of aliphatic hydroxyl groups is 18. The molecule has 32 atom stereocenters. The van der Waals surface area contributed by atoms with Crippen molar-refractivity contribution in [3.8, 4) is 0 Å². The second-order valence-corrected chi connectivity index (χ2v) is 21.8. The summed E-state index contributed by atoms with van der Waals surface area (Å²) >= 11 is 0. The number of hydrogen-bond donors (Lipinski definition) is 23. The first-order chi connectivity index (χ1) is 40.7. The maximum Gasteiger partial charge on any atom is 0.364 e. The summed E-state index contributed by atoms with van der Waals surface area (Å²) in [7, 11) is 0. The largest absolute Gasteiger partial charge is 0.477 e. The molecule has 6 fully saturated rings. The highest BCUT2D eigenvalue weighted by atomic mass is 16.8. The molecule has 0 radical (unpaired) electrons. The summed E-state index contributed by atoms with van der Waals surface area (Å²) in [6.45, 7) is -2.19. The van der Waals surface area contributed by atoms with Crippen LogP contribution in [0, 0.1) is 0 Å². The number of ether oxygens (including phenoxy) is 11. The van der Waals surface area contributed by atoms with Crippen LogP contribution in [0.15, 0.2) is 0 Å². The Morgan fingerprint density at radius 2 is 0.931 bits per heavy atom. The van der Waals surface area contributed by atoms with Crippen molar-refractivity contribution in [2.24, 2.45) is 0 Å². The van der Waals surface area contributed by atoms with Crippen LogP contribution in [0.25, 0.3) is 0 Å². The van der Waals surface area contributed by atoms with Crippen molar-refractivity contribution < 1.29 is 178 Å². The van der Waals surface area contributed by atoms with E-state index >= 15 is 0 Å². The van der Waals surface area contributed by atoms with Crippen LogP contribution < -0.4 is 16.0 Å². The van der Waals surface area contributed by atoms with Gasteiger partial charge in [-0.3, -0.25) is 14.4 Å². The van der Waals surface area contributed by atoms with Gasteiger partial charge in [0.05, 0.1) is 63.4 Å². The Hall–Kier alpha value is -3.81. The Labute approximate surface area is 491 Å². The molecule has 0 aromatic carbocycles. The Balaban J connectivity index is 1.52. The van der Waals surface area contributed by atoms with E-state index in [1.165, 1.54) is 6.92 Å². The number of carboxylic acid groups (broad SMARTS) is 2. The number of aliphatic carboxylic acids is 2. The lowest BCUT2D eigenvalue weighted by Crippen LogP contribution is -2.72. The van der Waals surface area contributed by atoms with Crippen LogP contribution in [-0.4, -0.2) is 360 Å². The minimum absolute atomic E-state index is 0.865. The minimum atomic E-state index is -3.37. The molecule has 6 rings (SSSR count). The molecule has 6 saturated heterocycles. The van der Waals surface area contributed by atoms with E-state index < -0.39 is 271 Å². The molecule has 6 heterocycles. The molecule has 0 unspecified atom stereocenters. The molecule has 0 aromatic rings. The number of carbonyl (C=O) groups is 5. The Morgan fingerprint density at radius 1 is 0.494 bits per heavy atom. The maximum atomic E-state index is 13.5. The van der Waals surface area contributed by atoms with E-state index in [0.29, 0.717) is 0 Å². The number of rotatable bonds is 24. The second-order valence-electron chi connectivity index (χ2n) is 21.8. The van der Waals surface area contributed by atoms with Crippen LogP contribution in [0.2, 0.25) is 0 Å². The molecule has 0 bridgehead atoms. The third kappa shape index (κ3) is 15.7. The number of amides is 3. The Morgan fingerprint density at radius 3 is 1.43 bits per heavy atom. The number of aliphatic hydroxyl groups excluding tert-OH is 18. The molecule has 0 aromatic heterocycles. The molecule has 3 amide bonds. The van der Waals surface area contributed by atoms with Gasteiger partial charge in [-0.2, -0.15) is 0 Å². The SMILES string of the molecule is CC(=O)N[C@H]1[C@H](O[C@@H]2[C@@H](O)[C@H](O)O[C@H](CO)[C@@H]2O)O[C@H](CO[C@]2(C(=O)O)C[C@H](O)[C@@H](NC(C)=O)[C@H]([C@H](O)[C@H](O)CO)O2)[C@@H](O[C@@H]2O[C@@H](C)[C@@H](O)[C@@H](O)[C@@H]2O)[C@@H]1O[C@@H]1O[C@H](CO)[C@H](O)[C@H](O[C@]2(C(=O)O)C[C@H](O)[C@@H](NC(C)=O)[C@H]([C@H](O)[C@H](O)CO)O2)[C@H]1O. The molecule has 39 nitrogen and oxygen atoms in total. The highest BCUT2D eigenvalue weighted by molar-refractivity contribution is 5.77. The summed E-state index contributed by atoms with van der Waals surface area (Å²) in [4.78, 5) is 64.7. The lowest BCUT2D eigenvalue weighted by Gasteiger charge is -2.53. The predicted molar refractivity (Wildman–Crippen MR) is 267 cm³/mol. The van der Waals surface area contributed by atoms with Crippen LogP contribution >= 0.6 is 0 Å². The van der Waals surface area contributed by atoms with Gasteiger partial charge in [-0.25, -0.2) is 9.59 Å². The van der Waals surface area contributed by atoms with Crippen LogP contribution in [0.3, 0.4) is 0 Å². The zero-order chi connectivity index (χ0) is 65.1. The topological polar surface area (TPSA) is 628 Å². The molecule has 0 spiro atoms. The summed E-state index contributed by atoms with van der Waals surface area (Å²) < 4.78 is 64.7. The van der Waals surface area contributed by atoms with Crippen LogP contribution in [-0.2, 0) is 76.1 Å². The predicted octanol–water partition coefficient (Wildman–Crippen LogP) is -14.2. The van der Waals surface area contributed by atoms with Gasteiger partial charge in [0.25, 0.3) is 11.6 Å². The first-order valence-corrected chi connectivity index (χ1v) is 27.2. The van der Waals surface area contributed by atoms with E-state index in [1.54, 1.807) is 0 Å². The highest BCUT2D eigenvalue weighted by Gasteiger charge is 2.63. The van der Waals surface area contributed by atoms with E-state index in [9.17, 15) is 126 Å². The summed E-state index contributed by atoms with van der Waals surface area (Å²) in [5, 5.41) is 225. The molecular weight excluding hydrogens is 1190 g/mol. The average Bonchev–Trinajstić information content (AvgIpc) is 1.03. The second kappa shape index (κ2) is 30.1. The van der Waals surface area contributed by atoms with Gasteiger partial charge in [0, 0.05) is 33.6 Å². The summed E-state index contributed by atoms with van der Waals surface area (Å²) in [6.07, 6.45) is -62.1. The highest BCUT2D eigenvalue weighted by Crippen LogP contribution is 2.41. The molecular formula is C48H79N3O36. The van der Waals surface area contributed by atoms with Gasteiger partial charge < -0.3 is 170 Å². The minimum Gasteiger partial charge on any atom is -0.477 e. The quantitative estimate of drug-likeness (QED) is 0.0427. The molecule has 6 aliphatic heterocycles. The van der Waals surface area contributed by atoms with Crippen molar-refractivity contribution in [1.29, 1.82) is 0 Å². The van der Waals surface area contributed by atoms with Crippen molar-refractivity contribution in [2.45, 2.75) is 236 Å². The maximum absolute atomic E-state index is 13.5.